The van der Waals surface area contributed by atoms with Crippen molar-refractivity contribution in [1.29, 1.82) is 0 Å². The van der Waals surface area contributed by atoms with Crippen LogP contribution in [0.4, 0.5) is 5.69 Å². The number of hydrogen-bond acceptors (Lipinski definition) is 6. The van der Waals surface area contributed by atoms with Gasteiger partial charge in [0.2, 0.25) is 5.89 Å². The standard InChI is InChI=1S/C14H14N6O2/c1-9-15-13(22-18-9)7-10-5-3-4-6-11(10)16-14(21)12-8-20(2)19-17-12/h3-6,8H,7H2,1-2H3,(H,16,21). The van der Waals surface area contributed by atoms with Crippen LogP contribution in [-0.2, 0) is 13.5 Å². The predicted molar refractivity (Wildman–Crippen MR) is 77.2 cm³/mol. The number of aromatic nitrogens is 5. The second kappa shape index (κ2) is 5.76. The van der Waals surface area contributed by atoms with E-state index in [1.165, 1.54) is 4.68 Å². The minimum Gasteiger partial charge on any atom is -0.339 e. The lowest BCUT2D eigenvalue weighted by Gasteiger charge is -2.08. The average Bonchev–Trinajstić information content (AvgIpc) is 3.10. The molecule has 2 heterocycles. The van der Waals surface area contributed by atoms with E-state index in [9.17, 15) is 4.79 Å². The molecule has 1 N–H and O–H groups in total. The second-order valence-electron chi connectivity index (χ2n) is 4.80. The first-order valence-electron chi connectivity index (χ1n) is 6.66. The first-order chi connectivity index (χ1) is 10.6. The van der Waals surface area contributed by atoms with Crippen molar-refractivity contribution in [3.05, 3.63) is 53.4 Å². The van der Waals surface area contributed by atoms with E-state index >= 15 is 0 Å². The summed E-state index contributed by atoms with van der Waals surface area (Å²) < 4.78 is 6.59. The van der Waals surface area contributed by atoms with Gasteiger partial charge in [-0.1, -0.05) is 28.6 Å². The Hall–Kier alpha value is -3.03. The van der Waals surface area contributed by atoms with E-state index in [0.717, 1.165) is 5.56 Å². The Morgan fingerprint density at radius 2 is 2.18 bits per heavy atom. The van der Waals surface area contributed by atoms with E-state index in [2.05, 4.69) is 25.8 Å². The van der Waals surface area contributed by atoms with E-state index in [1.807, 2.05) is 24.3 Å². The zero-order chi connectivity index (χ0) is 15.5. The van der Waals surface area contributed by atoms with Gasteiger partial charge in [0.15, 0.2) is 11.5 Å². The van der Waals surface area contributed by atoms with Gasteiger partial charge in [-0.25, -0.2) is 0 Å². The van der Waals surface area contributed by atoms with Gasteiger partial charge in [-0.15, -0.1) is 5.10 Å². The molecule has 0 spiro atoms. The summed E-state index contributed by atoms with van der Waals surface area (Å²) in [6.07, 6.45) is 2.00. The summed E-state index contributed by atoms with van der Waals surface area (Å²) in [5, 5.41) is 14.1. The van der Waals surface area contributed by atoms with E-state index in [0.29, 0.717) is 23.8 Å². The van der Waals surface area contributed by atoms with Crippen LogP contribution < -0.4 is 5.32 Å². The topological polar surface area (TPSA) is 98.7 Å². The maximum Gasteiger partial charge on any atom is 0.277 e. The summed E-state index contributed by atoms with van der Waals surface area (Å²) in [6, 6.07) is 7.43. The molecule has 22 heavy (non-hydrogen) atoms. The first kappa shape index (κ1) is 13.9. The quantitative estimate of drug-likeness (QED) is 0.780. The van der Waals surface area contributed by atoms with Crippen molar-refractivity contribution in [2.75, 3.05) is 5.32 Å². The molecule has 0 bridgehead atoms. The molecular weight excluding hydrogens is 284 g/mol. The van der Waals surface area contributed by atoms with Gasteiger partial charge in [0.1, 0.15) is 0 Å². The number of aryl methyl sites for hydroxylation is 2. The number of carbonyl (C=O) groups is 1. The SMILES string of the molecule is Cc1noc(Cc2ccccc2NC(=O)c2cn(C)nn2)n1. The maximum atomic E-state index is 12.2. The number of para-hydroxylation sites is 1. The van der Waals surface area contributed by atoms with E-state index < -0.39 is 0 Å². The summed E-state index contributed by atoms with van der Waals surface area (Å²) in [6.45, 7) is 1.76. The molecule has 2 aromatic heterocycles. The zero-order valence-corrected chi connectivity index (χ0v) is 12.1. The molecule has 0 saturated heterocycles. The molecule has 1 amide bonds. The fourth-order valence-electron chi connectivity index (χ4n) is 2.01. The minimum atomic E-state index is -0.317. The van der Waals surface area contributed by atoms with Crippen LogP contribution >= 0.6 is 0 Å². The molecule has 0 saturated carbocycles. The number of nitrogens with one attached hydrogen (secondary N) is 1. The van der Waals surface area contributed by atoms with Crippen molar-refractivity contribution >= 4 is 11.6 Å². The fourth-order valence-corrected chi connectivity index (χ4v) is 2.01. The van der Waals surface area contributed by atoms with Crippen molar-refractivity contribution in [2.45, 2.75) is 13.3 Å². The summed E-state index contributed by atoms with van der Waals surface area (Å²) >= 11 is 0. The third-order valence-electron chi connectivity index (χ3n) is 3.01. The number of benzene rings is 1. The molecule has 112 valence electrons. The monoisotopic (exact) mass is 298 g/mol. The van der Waals surface area contributed by atoms with E-state index in [1.54, 1.807) is 20.2 Å². The van der Waals surface area contributed by atoms with Gasteiger partial charge in [0.05, 0.1) is 12.6 Å². The van der Waals surface area contributed by atoms with Crippen LogP contribution in [0.2, 0.25) is 0 Å². The van der Waals surface area contributed by atoms with Crippen LogP contribution in [0, 0.1) is 6.92 Å². The number of carbonyl (C=O) groups excluding carboxylic acids is 1. The molecule has 3 rings (SSSR count). The fraction of sp³-hybridized carbons (Fsp3) is 0.214. The summed E-state index contributed by atoms with van der Waals surface area (Å²) in [4.78, 5) is 16.3. The van der Waals surface area contributed by atoms with Crippen molar-refractivity contribution in [1.82, 2.24) is 25.1 Å². The van der Waals surface area contributed by atoms with Crippen LogP contribution in [0.3, 0.4) is 0 Å². The first-order valence-corrected chi connectivity index (χ1v) is 6.66. The van der Waals surface area contributed by atoms with Gasteiger partial charge in [-0.05, 0) is 18.6 Å². The van der Waals surface area contributed by atoms with Crippen LogP contribution in [0.1, 0.15) is 27.8 Å². The van der Waals surface area contributed by atoms with E-state index in [-0.39, 0.29) is 11.6 Å². The molecule has 0 unspecified atom stereocenters. The molecule has 0 radical (unpaired) electrons. The molecule has 0 fully saturated rings. The number of hydrogen-bond donors (Lipinski definition) is 1. The molecule has 0 aliphatic carbocycles. The lowest BCUT2D eigenvalue weighted by Crippen LogP contribution is -2.14. The van der Waals surface area contributed by atoms with Crippen molar-refractivity contribution in [2.24, 2.45) is 7.05 Å². The summed E-state index contributed by atoms with van der Waals surface area (Å²) in [5.41, 5.74) is 1.81. The third kappa shape index (κ3) is 3.00. The number of nitrogens with zero attached hydrogens (tertiary/aromatic N) is 5. The Balaban J connectivity index is 1.80. The lowest BCUT2D eigenvalue weighted by atomic mass is 10.1. The zero-order valence-electron chi connectivity index (χ0n) is 12.1. The maximum absolute atomic E-state index is 12.2. The largest absolute Gasteiger partial charge is 0.339 e. The Labute approximate surface area is 126 Å². The Kier molecular flexibility index (Phi) is 3.65. The van der Waals surface area contributed by atoms with Gasteiger partial charge >= 0.3 is 0 Å². The van der Waals surface area contributed by atoms with Crippen LogP contribution in [0.25, 0.3) is 0 Å². The van der Waals surface area contributed by atoms with E-state index in [4.69, 9.17) is 4.52 Å². The van der Waals surface area contributed by atoms with Crippen molar-refractivity contribution in [3.8, 4) is 0 Å². The number of rotatable bonds is 4. The average molecular weight is 298 g/mol. The Morgan fingerprint density at radius 1 is 1.36 bits per heavy atom. The molecule has 1 aromatic carbocycles. The lowest BCUT2D eigenvalue weighted by molar-refractivity contribution is 0.102. The predicted octanol–water partition coefficient (Wildman–Crippen LogP) is 1.35. The van der Waals surface area contributed by atoms with Gasteiger partial charge in [0.25, 0.3) is 5.91 Å². The highest BCUT2D eigenvalue weighted by molar-refractivity contribution is 6.03. The molecular formula is C14H14N6O2. The molecule has 0 aliphatic heterocycles. The molecule has 0 atom stereocenters. The Morgan fingerprint density at radius 3 is 2.86 bits per heavy atom. The van der Waals surface area contributed by atoms with Gasteiger partial charge in [-0.3, -0.25) is 9.48 Å². The van der Waals surface area contributed by atoms with Gasteiger partial charge in [-0.2, -0.15) is 4.98 Å². The second-order valence-corrected chi connectivity index (χ2v) is 4.80. The molecule has 0 aliphatic rings. The normalized spacial score (nSPS) is 10.6. The molecule has 8 nitrogen and oxygen atoms in total. The highest BCUT2D eigenvalue weighted by Gasteiger charge is 2.13. The van der Waals surface area contributed by atoms with Crippen LogP contribution in [0.5, 0.6) is 0 Å². The molecule has 3 aromatic rings. The highest BCUT2D eigenvalue weighted by atomic mass is 16.5. The van der Waals surface area contributed by atoms with Crippen molar-refractivity contribution < 1.29 is 9.32 Å². The molecule has 8 heteroatoms. The van der Waals surface area contributed by atoms with Gasteiger partial charge in [0, 0.05) is 12.7 Å². The number of amides is 1. The van der Waals surface area contributed by atoms with Crippen LogP contribution in [-0.4, -0.2) is 31.0 Å². The summed E-state index contributed by atoms with van der Waals surface area (Å²) in [7, 11) is 1.70. The highest BCUT2D eigenvalue weighted by Crippen LogP contribution is 2.19. The number of anilines is 1. The minimum absolute atomic E-state index is 0.255. The Bertz CT molecular complexity index is 807. The van der Waals surface area contributed by atoms with Gasteiger partial charge < -0.3 is 9.84 Å². The van der Waals surface area contributed by atoms with Crippen molar-refractivity contribution in [3.63, 3.8) is 0 Å². The third-order valence-corrected chi connectivity index (χ3v) is 3.01. The summed E-state index contributed by atoms with van der Waals surface area (Å²) in [5.74, 6) is 0.761. The van der Waals surface area contributed by atoms with Crippen LogP contribution in [0.15, 0.2) is 35.0 Å². The smallest absolute Gasteiger partial charge is 0.277 e.